The number of carbonyl (C=O) groups is 2. The highest BCUT2D eigenvalue weighted by Crippen LogP contribution is 2.19. The SMILES string of the molecule is Cc1cc2nc(C)c(CCC(=O)Nc3cccc(NC(=O)OCC(C)C)c3)c(C)n2n1. The number of hydrogen-bond donors (Lipinski definition) is 2. The summed E-state index contributed by atoms with van der Waals surface area (Å²) in [4.78, 5) is 29.0. The molecule has 3 rings (SSSR count). The second-order valence-electron chi connectivity index (χ2n) is 8.06. The third-order valence-electron chi connectivity index (χ3n) is 4.83. The topological polar surface area (TPSA) is 97.6 Å². The summed E-state index contributed by atoms with van der Waals surface area (Å²) in [7, 11) is 0. The Morgan fingerprint density at radius 3 is 2.52 bits per heavy atom. The lowest BCUT2D eigenvalue weighted by Gasteiger charge is -2.12. The summed E-state index contributed by atoms with van der Waals surface area (Å²) in [5, 5.41) is 10.0. The van der Waals surface area contributed by atoms with Crippen molar-refractivity contribution in [2.45, 2.75) is 47.5 Å². The van der Waals surface area contributed by atoms with Gasteiger partial charge in [-0.15, -0.1) is 0 Å². The molecule has 0 spiro atoms. The maximum Gasteiger partial charge on any atom is 0.411 e. The van der Waals surface area contributed by atoms with Crippen LogP contribution in [-0.2, 0) is 16.0 Å². The van der Waals surface area contributed by atoms with Crippen LogP contribution in [-0.4, -0.2) is 33.2 Å². The van der Waals surface area contributed by atoms with Crippen molar-refractivity contribution in [1.82, 2.24) is 14.6 Å². The first-order valence-corrected chi connectivity index (χ1v) is 10.4. The largest absolute Gasteiger partial charge is 0.449 e. The van der Waals surface area contributed by atoms with Gasteiger partial charge in [-0.2, -0.15) is 5.10 Å². The highest BCUT2D eigenvalue weighted by Gasteiger charge is 2.13. The molecule has 0 saturated carbocycles. The van der Waals surface area contributed by atoms with Gasteiger partial charge in [-0.25, -0.2) is 14.3 Å². The zero-order valence-electron chi connectivity index (χ0n) is 18.7. The van der Waals surface area contributed by atoms with E-state index in [-0.39, 0.29) is 11.8 Å². The van der Waals surface area contributed by atoms with Crippen molar-refractivity contribution in [3.63, 3.8) is 0 Å². The van der Waals surface area contributed by atoms with Crippen LogP contribution in [0, 0.1) is 26.7 Å². The number of benzene rings is 1. The van der Waals surface area contributed by atoms with Crippen molar-refractivity contribution >= 4 is 29.0 Å². The normalized spacial score (nSPS) is 11.0. The number of nitrogens with one attached hydrogen (secondary N) is 2. The van der Waals surface area contributed by atoms with E-state index in [1.54, 1.807) is 24.3 Å². The van der Waals surface area contributed by atoms with Crippen molar-refractivity contribution in [2.24, 2.45) is 5.92 Å². The van der Waals surface area contributed by atoms with Gasteiger partial charge in [-0.1, -0.05) is 19.9 Å². The molecule has 0 radical (unpaired) electrons. The zero-order chi connectivity index (χ0) is 22.5. The Morgan fingerprint density at radius 1 is 1.10 bits per heavy atom. The van der Waals surface area contributed by atoms with Crippen LogP contribution in [0.5, 0.6) is 0 Å². The lowest BCUT2D eigenvalue weighted by atomic mass is 10.1. The Kier molecular flexibility index (Phi) is 6.89. The number of nitrogens with zero attached hydrogens (tertiary/aromatic N) is 3. The molecule has 164 valence electrons. The van der Waals surface area contributed by atoms with E-state index >= 15 is 0 Å². The van der Waals surface area contributed by atoms with Crippen LogP contribution >= 0.6 is 0 Å². The number of aryl methyl sites for hydroxylation is 3. The molecule has 0 aliphatic heterocycles. The molecular formula is C23H29N5O3. The first-order valence-electron chi connectivity index (χ1n) is 10.4. The molecule has 8 nitrogen and oxygen atoms in total. The van der Waals surface area contributed by atoms with Crippen LogP contribution in [0.1, 0.15) is 42.9 Å². The molecule has 0 aliphatic rings. The van der Waals surface area contributed by atoms with Gasteiger partial charge in [0, 0.05) is 35.2 Å². The number of rotatable bonds is 7. The third-order valence-corrected chi connectivity index (χ3v) is 4.83. The monoisotopic (exact) mass is 423 g/mol. The minimum Gasteiger partial charge on any atom is -0.449 e. The van der Waals surface area contributed by atoms with Crippen molar-refractivity contribution in [3.8, 4) is 0 Å². The molecule has 0 bridgehead atoms. The van der Waals surface area contributed by atoms with Crippen LogP contribution in [0.25, 0.3) is 5.65 Å². The summed E-state index contributed by atoms with van der Waals surface area (Å²) in [6, 6.07) is 8.92. The second-order valence-corrected chi connectivity index (χ2v) is 8.06. The molecule has 8 heteroatoms. The van der Waals surface area contributed by atoms with Gasteiger partial charge in [0.25, 0.3) is 0 Å². The van der Waals surface area contributed by atoms with E-state index < -0.39 is 6.09 Å². The number of aromatic nitrogens is 3. The molecule has 0 fully saturated rings. The number of anilines is 2. The predicted molar refractivity (Wildman–Crippen MR) is 120 cm³/mol. The Hall–Kier alpha value is -3.42. The number of carbonyl (C=O) groups excluding carboxylic acids is 2. The fraction of sp³-hybridized carbons (Fsp3) is 0.391. The average Bonchev–Trinajstić information content (AvgIpc) is 3.06. The molecule has 0 saturated heterocycles. The average molecular weight is 424 g/mol. The van der Waals surface area contributed by atoms with E-state index in [9.17, 15) is 9.59 Å². The van der Waals surface area contributed by atoms with Gasteiger partial charge in [0.2, 0.25) is 5.91 Å². The van der Waals surface area contributed by atoms with E-state index in [2.05, 4.69) is 20.7 Å². The van der Waals surface area contributed by atoms with Gasteiger partial charge in [-0.3, -0.25) is 10.1 Å². The molecule has 0 atom stereocenters. The minimum absolute atomic E-state index is 0.116. The molecule has 3 aromatic rings. The lowest BCUT2D eigenvalue weighted by molar-refractivity contribution is -0.116. The maximum absolute atomic E-state index is 12.5. The van der Waals surface area contributed by atoms with Crippen molar-refractivity contribution in [3.05, 3.63) is 53.0 Å². The van der Waals surface area contributed by atoms with Gasteiger partial charge >= 0.3 is 6.09 Å². The lowest BCUT2D eigenvalue weighted by Crippen LogP contribution is -2.17. The Bertz CT molecular complexity index is 1100. The third kappa shape index (κ3) is 5.81. The fourth-order valence-corrected chi connectivity index (χ4v) is 3.34. The molecule has 2 N–H and O–H groups in total. The fourth-order valence-electron chi connectivity index (χ4n) is 3.34. The summed E-state index contributed by atoms with van der Waals surface area (Å²) in [6.45, 7) is 10.2. The Balaban J connectivity index is 1.60. The quantitative estimate of drug-likeness (QED) is 0.586. The molecule has 0 aliphatic carbocycles. The van der Waals surface area contributed by atoms with Crippen LogP contribution in [0.15, 0.2) is 30.3 Å². The van der Waals surface area contributed by atoms with Crippen LogP contribution < -0.4 is 10.6 Å². The molecule has 31 heavy (non-hydrogen) atoms. The van der Waals surface area contributed by atoms with Gasteiger partial charge < -0.3 is 10.1 Å². The molecule has 2 amide bonds. The summed E-state index contributed by atoms with van der Waals surface area (Å²) < 4.78 is 6.94. The van der Waals surface area contributed by atoms with Gasteiger partial charge in [-0.05, 0) is 56.9 Å². The van der Waals surface area contributed by atoms with Crippen LogP contribution in [0.4, 0.5) is 16.2 Å². The number of ether oxygens (including phenoxy) is 1. The van der Waals surface area contributed by atoms with Gasteiger partial charge in [0.1, 0.15) is 0 Å². The Labute approximate surface area is 182 Å². The molecule has 2 heterocycles. The highest BCUT2D eigenvalue weighted by atomic mass is 16.5. The highest BCUT2D eigenvalue weighted by molar-refractivity contribution is 5.92. The Morgan fingerprint density at radius 2 is 1.81 bits per heavy atom. The smallest absolute Gasteiger partial charge is 0.411 e. The summed E-state index contributed by atoms with van der Waals surface area (Å²) >= 11 is 0. The van der Waals surface area contributed by atoms with E-state index in [1.165, 1.54) is 0 Å². The van der Waals surface area contributed by atoms with Crippen molar-refractivity contribution in [2.75, 3.05) is 17.2 Å². The summed E-state index contributed by atoms with van der Waals surface area (Å²) in [5.74, 6) is 0.145. The van der Waals surface area contributed by atoms with E-state index in [4.69, 9.17) is 4.74 Å². The van der Waals surface area contributed by atoms with E-state index in [0.717, 1.165) is 28.3 Å². The van der Waals surface area contributed by atoms with Crippen LogP contribution in [0.2, 0.25) is 0 Å². The van der Waals surface area contributed by atoms with E-state index in [0.29, 0.717) is 30.8 Å². The van der Waals surface area contributed by atoms with Gasteiger partial charge in [0.05, 0.1) is 12.3 Å². The summed E-state index contributed by atoms with van der Waals surface area (Å²) in [6.07, 6.45) is 0.355. The first kappa shape index (κ1) is 22.3. The number of amides is 2. The van der Waals surface area contributed by atoms with Crippen molar-refractivity contribution in [1.29, 1.82) is 0 Å². The maximum atomic E-state index is 12.5. The number of hydrogen-bond acceptors (Lipinski definition) is 5. The summed E-state index contributed by atoms with van der Waals surface area (Å²) in [5.41, 5.74) is 5.81. The predicted octanol–water partition coefficient (Wildman–Crippen LogP) is 4.43. The molecule has 1 aromatic carbocycles. The standard InChI is InChI=1S/C23H29N5O3/c1-14(2)13-31-23(30)26-19-8-6-7-18(12-19)25-22(29)10-9-20-16(4)24-21-11-15(3)27-28(21)17(20)5/h6-8,11-12,14H,9-10,13H2,1-5H3,(H,25,29)(H,26,30). The number of fused-ring (bicyclic) bond motifs is 1. The molecular weight excluding hydrogens is 394 g/mol. The molecule has 2 aromatic heterocycles. The van der Waals surface area contributed by atoms with Crippen molar-refractivity contribution < 1.29 is 14.3 Å². The van der Waals surface area contributed by atoms with Crippen LogP contribution in [0.3, 0.4) is 0 Å². The first-order chi connectivity index (χ1) is 14.7. The molecule has 0 unspecified atom stereocenters. The van der Waals surface area contributed by atoms with E-state index in [1.807, 2.05) is 45.2 Å². The van der Waals surface area contributed by atoms with Gasteiger partial charge in [0.15, 0.2) is 5.65 Å². The second kappa shape index (κ2) is 9.59. The minimum atomic E-state index is -0.514. The zero-order valence-corrected chi connectivity index (χ0v) is 18.7.